The van der Waals surface area contributed by atoms with Crippen LogP contribution >= 0.6 is 0 Å². The fraction of sp³-hybridized carbons (Fsp3) is 0.938. The van der Waals surface area contributed by atoms with E-state index < -0.39 is 0 Å². The van der Waals surface area contributed by atoms with Crippen molar-refractivity contribution < 1.29 is 4.79 Å². The number of hydrogen-bond acceptors (Lipinski definition) is 2. The third kappa shape index (κ3) is 5.70. The molecule has 0 aromatic carbocycles. The smallest absolute Gasteiger partial charge is 0.315 e. The van der Waals surface area contributed by atoms with Crippen molar-refractivity contribution in [2.24, 2.45) is 5.92 Å². The molecule has 0 atom stereocenters. The minimum Gasteiger partial charge on any atom is -0.338 e. The van der Waals surface area contributed by atoms with Crippen LogP contribution in [0.3, 0.4) is 0 Å². The molecule has 2 N–H and O–H groups in total. The summed E-state index contributed by atoms with van der Waals surface area (Å²) in [4.78, 5) is 14.3. The number of nitrogens with one attached hydrogen (secondary N) is 2. The lowest BCUT2D eigenvalue weighted by molar-refractivity contribution is 0.207. The van der Waals surface area contributed by atoms with Gasteiger partial charge in [0.05, 0.1) is 0 Å². The van der Waals surface area contributed by atoms with Crippen molar-refractivity contribution in [2.45, 2.75) is 63.8 Å². The van der Waals surface area contributed by atoms with Gasteiger partial charge in [0.1, 0.15) is 0 Å². The summed E-state index contributed by atoms with van der Waals surface area (Å²) >= 11 is 0. The number of piperidine rings is 1. The summed E-state index contributed by atoms with van der Waals surface area (Å²) in [6.45, 7) is 3.17. The molecule has 0 unspecified atom stereocenters. The minimum absolute atomic E-state index is 0.0505. The van der Waals surface area contributed by atoms with Crippen LogP contribution in [-0.4, -0.2) is 43.7 Å². The van der Waals surface area contributed by atoms with Gasteiger partial charge in [-0.2, -0.15) is 0 Å². The van der Waals surface area contributed by atoms with Crippen LogP contribution in [0.15, 0.2) is 0 Å². The van der Waals surface area contributed by atoms with Crippen molar-refractivity contribution >= 4 is 6.03 Å². The lowest BCUT2D eigenvalue weighted by Gasteiger charge is -2.29. The molecule has 2 fully saturated rings. The molecule has 4 nitrogen and oxygen atoms in total. The highest BCUT2D eigenvalue weighted by molar-refractivity contribution is 5.74. The summed E-state index contributed by atoms with van der Waals surface area (Å²) in [5, 5.41) is 6.26. The van der Waals surface area contributed by atoms with Gasteiger partial charge in [-0.3, -0.25) is 0 Å². The van der Waals surface area contributed by atoms with E-state index in [1.54, 1.807) is 0 Å². The van der Waals surface area contributed by atoms with Gasteiger partial charge in [-0.15, -0.1) is 0 Å². The van der Waals surface area contributed by atoms with Crippen molar-refractivity contribution in [2.75, 3.05) is 26.7 Å². The second kappa shape index (κ2) is 8.50. The minimum atomic E-state index is 0.0505. The Morgan fingerprint density at radius 3 is 2.25 bits per heavy atom. The number of rotatable bonds is 3. The van der Waals surface area contributed by atoms with Crippen LogP contribution in [0.5, 0.6) is 0 Å². The first-order chi connectivity index (χ1) is 9.74. The van der Waals surface area contributed by atoms with Crippen LogP contribution in [0.2, 0.25) is 0 Å². The molecule has 2 rings (SSSR count). The number of likely N-dealkylation sites (tertiary alicyclic amines) is 1. The molecule has 2 amide bonds. The van der Waals surface area contributed by atoms with E-state index in [1.165, 1.54) is 44.9 Å². The lowest BCUT2D eigenvalue weighted by Crippen LogP contribution is -2.45. The number of urea groups is 1. The Labute approximate surface area is 123 Å². The second-order valence-corrected chi connectivity index (χ2v) is 6.64. The third-order valence-electron chi connectivity index (χ3n) is 4.83. The Morgan fingerprint density at radius 2 is 1.60 bits per heavy atom. The average molecular weight is 281 g/mol. The first-order valence-electron chi connectivity index (χ1n) is 8.47. The van der Waals surface area contributed by atoms with E-state index in [9.17, 15) is 4.79 Å². The van der Waals surface area contributed by atoms with Crippen molar-refractivity contribution in [1.82, 2.24) is 15.5 Å². The van der Waals surface area contributed by atoms with Gasteiger partial charge in [0.15, 0.2) is 0 Å². The Bertz CT molecular complexity index is 279. The quantitative estimate of drug-likeness (QED) is 0.835. The van der Waals surface area contributed by atoms with Crippen molar-refractivity contribution in [3.8, 4) is 0 Å². The summed E-state index contributed by atoms with van der Waals surface area (Å²) in [5.74, 6) is 0.661. The standard InChI is InChI=1S/C16H31N3O/c1-19-11-9-14(10-12-19)13-17-16(20)18-15-7-5-3-2-4-6-8-15/h14-15H,2-13H2,1H3,(H2,17,18,20). The highest BCUT2D eigenvalue weighted by Gasteiger charge is 2.18. The topological polar surface area (TPSA) is 44.4 Å². The van der Waals surface area contributed by atoms with Gasteiger partial charge < -0.3 is 15.5 Å². The monoisotopic (exact) mass is 281 g/mol. The van der Waals surface area contributed by atoms with Gasteiger partial charge in [-0.1, -0.05) is 32.1 Å². The van der Waals surface area contributed by atoms with Gasteiger partial charge >= 0.3 is 6.03 Å². The first kappa shape index (κ1) is 15.6. The molecule has 1 saturated carbocycles. The van der Waals surface area contributed by atoms with Crippen LogP contribution in [-0.2, 0) is 0 Å². The average Bonchev–Trinajstić information content (AvgIpc) is 2.41. The van der Waals surface area contributed by atoms with E-state index in [4.69, 9.17) is 0 Å². The van der Waals surface area contributed by atoms with E-state index in [0.717, 1.165) is 32.5 Å². The number of amides is 2. The van der Waals surface area contributed by atoms with Crippen molar-refractivity contribution in [3.63, 3.8) is 0 Å². The predicted octanol–water partition coefficient (Wildman–Crippen LogP) is 2.74. The summed E-state index contributed by atoms with van der Waals surface area (Å²) in [6, 6.07) is 0.447. The highest BCUT2D eigenvalue weighted by atomic mass is 16.2. The molecule has 1 heterocycles. The summed E-state index contributed by atoms with van der Waals surface area (Å²) < 4.78 is 0. The largest absolute Gasteiger partial charge is 0.338 e. The van der Waals surface area contributed by atoms with Crippen molar-refractivity contribution in [3.05, 3.63) is 0 Å². The fourth-order valence-electron chi connectivity index (χ4n) is 3.34. The zero-order valence-electron chi connectivity index (χ0n) is 13.0. The number of hydrogen-bond donors (Lipinski definition) is 2. The van der Waals surface area contributed by atoms with E-state index in [-0.39, 0.29) is 6.03 Å². The number of nitrogens with zero attached hydrogens (tertiary/aromatic N) is 1. The molecule has 20 heavy (non-hydrogen) atoms. The summed E-state index contributed by atoms with van der Waals surface area (Å²) in [6.07, 6.45) is 11.3. The maximum absolute atomic E-state index is 12.0. The molecular weight excluding hydrogens is 250 g/mol. The molecule has 1 saturated heterocycles. The van der Waals surface area contributed by atoms with Crippen LogP contribution < -0.4 is 10.6 Å². The zero-order valence-corrected chi connectivity index (χ0v) is 13.0. The van der Waals surface area contributed by atoms with Gasteiger partial charge in [0.2, 0.25) is 0 Å². The summed E-state index contributed by atoms with van der Waals surface area (Å²) in [7, 11) is 2.17. The van der Waals surface area contributed by atoms with E-state index in [0.29, 0.717) is 12.0 Å². The van der Waals surface area contributed by atoms with E-state index in [2.05, 4.69) is 22.6 Å². The van der Waals surface area contributed by atoms with Crippen LogP contribution in [0.4, 0.5) is 4.79 Å². The lowest BCUT2D eigenvalue weighted by atomic mass is 9.96. The molecule has 1 aliphatic carbocycles. The van der Waals surface area contributed by atoms with E-state index in [1.807, 2.05) is 0 Å². The molecule has 1 aliphatic heterocycles. The Balaban J connectivity index is 1.61. The molecular formula is C16H31N3O. The van der Waals surface area contributed by atoms with Gasteiger partial charge in [-0.25, -0.2) is 4.79 Å². The molecule has 0 aromatic heterocycles. The second-order valence-electron chi connectivity index (χ2n) is 6.64. The van der Waals surface area contributed by atoms with Gasteiger partial charge in [0.25, 0.3) is 0 Å². The Hall–Kier alpha value is -0.770. The van der Waals surface area contributed by atoms with Crippen molar-refractivity contribution in [1.29, 1.82) is 0 Å². The molecule has 4 heteroatoms. The highest BCUT2D eigenvalue weighted by Crippen LogP contribution is 2.17. The molecule has 2 aliphatic rings. The Kier molecular flexibility index (Phi) is 6.64. The van der Waals surface area contributed by atoms with Crippen LogP contribution in [0.25, 0.3) is 0 Å². The maximum Gasteiger partial charge on any atom is 0.315 e. The molecule has 0 aromatic rings. The van der Waals surface area contributed by atoms with E-state index >= 15 is 0 Å². The number of carbonyl (C=O) groups is 1. The van der Waals surface area contributed by atoms with Crippen LogP contribution in [0, 0.1) is 5.92 Å². The third-order valence-corrected chi connectivity index (χ3v) is 4.83. The molecule has 116 valence electrons. The zero-order chi connectivity index (χ0) is 14.2. The molecule has 0 spiro atoms. The number of carbonyl (C=O) groups excluding carboxylic acids is 1. The first-order valence-corrected chi connectivity index (χ1v) is 8.47. The van der Waals surface area contributed by atoms with Gasteiger partial charge in [0, 0.05) is 12.6 Å². The molecule has 0 radical (unpaired) electrons. The SMILES string of the molecule is CN1CCC(CNC(=O)NC2CCCCCCC2)CC1. The van der Waals surface area contributed by atoms with Crippen LogP contribution in [0.1, 0.15) is 57.8 Å². The summed E-state index contributed by atoms with van der Waals surface area (Å²) in [5.41, 5.74) is 0. The maximum atomic E-state index is 12.0. The predicted molar refractivity (Wildman–Crippen MR) is 82.9 cm³/mol. The fourth-order valence-corrected chi connectivity index (χ4v) is 3.34. The molecule has 0 bridgehead atoms. The Morgan fingerprint density at radius 1 is 1.00 bits per heavy atom. The normalized spacial score (nSPS) is 23.9. The van der Waals surface area contributed by atoms with Gasteiger partial charge in [-0.05, 0) is 51.7 Å².